The molecule has 0 saturated heterocycles. The molecule has 122 valence electrons. The van der Waals surface area contributed by atoms with E-state index in [0.717, 1.165) is 11.3 Å². The van der Waals surface area contributed by atoms with Gasteiger partial charge in [-0.2, -0.15) is 0 Å². The second-order valence-corrected chi connectivity index (χ2v) is 5.90. The van der Waals surface area contributed by atoms with E-state index in [-0.39, 0.29) is 24.4 Å². The number of hydrogen-bond acceptors (Lipinski definition) is 4. The van der Waals surface area contributed by atoms with Crippen molar-refractivity contribution in [1.82, 2.24) is 10.6 Å². The van der Waals surface area contributed by atoms with Crippen LogP contribution in [-0.2, 0) is 4.79 Å². The van der Waals surface area contributed by atoms with Crippen molar-refractivity contribution < 1.29 is 14.3 Å². The summed E-state index contributed by atoms with van der Waals surface area (Å²) in [6.45, 7) is 4.41. The fourth-order valence-corrected chi connectivity index (χ4v) is 2.69. The molecule has 0 aliphatic carbocycles. The molecule has 2 amide bonds. The first kappa shape index (κ1) is 17.0. The number of rotatable bonds is 7. The standard InChI is InChI=1S/C17H20N2O3S/c1-3-22-14-8-6-13(7-9-14)12(2)19-16(20)11-18-17(21)15-5-4-10-23-15/h4-10,12H,3,11H2,1-2H3,(H,18,21)(H,19,20). The Morgan fingerprint density at radius 1 is 1.22 bits per heavy atom. The van der Waals surface area contributed by atoms with Gasteiger partial charge in [0.2, 0.25) is 5.91 Å². The molecule has 6 heteroatoms. The molecule has 2 aromatic rings. The van der Waals surface area contributed by atoms with Gasteiger partial charge in [-0.15, -0.1) is 11.3 Å². The molecular weight excluding hydrogens is 312 g/mol. The number of thiophene rings is 1. The van der Waals surface area contributed by atoms with Gasteiger partial charge in [0.25, 0.3) is 5.91 Å². The van der Waals surface area contributed by atoms with Crippen LogP contribution in [-0.4, -0.2) is 25.0 Å². The Morgan fingerprint density at radius 3 is 2.57 bits per heavy atom. The maximum absolute atomic E-state index is 11.9. The van der Waals surface area contributed by atoms with Crippen LogP contribution in [0.15, 0.2) is 41.8 Å². The van der Waals surface area contributed by atoms with Gasteiger partial charge in [-0.25, -0.2) is 0 Å². The topological polar surface area (TPSA) is 67.4 Å². The summed E-state index contributed by atoms with van der Waals surface area (Å²) in [7, 11) is 0. The molecule has 0 aliphatic heterocycles. The SMILES string of the molecule is CCOc1ccc(C(C)NC(=O)CNC(=O)c2cccs2)cc1. The van der Waals surface area contributed by atoms with E-state index in [0.29, 0.717) is 11.5 Å². The predicted molar refractivity (Wildman–Crippen MR) is 90.8 cm³/mol. The van der Waals surface area contributed by atoms with Crippen LogP contribution in [0, 0.1) is 0 Å². The van der Waals surface area contributed by atoms with E-state index in [4.69, 9.17) is 4.74 Å². The summed E-state index contributed by atoms with van der Waals surface area (Å²) in [6.07, 6.45) is 0. The molecule has 2 rings (SSSR count). The van der Waals surface area contributed by atoms with Crippen LogP contribution in [0.2, 0.25) is 0 Å². The third-order valence-electron chi connectivity index (χ3n) is 3.22. The van der Waals surface area contributed by atoms with Crippen LogP contribution in [0.4, 0.5) is 0 Å². The first-order valence-electron chi connectivity index (χ1n) is 7.44. The molecule has 0 aliphatic rings. The summed E-state index contributed by atoms with van der Waals surface area (Å²) in [4.78, 5) is 24.3. The van der Waals surface area contributed by atoms with Gasteiger partial charge in [0, 0.05) is 0 Å². The van der Waals surface area contributed by atoms with E-state index < -0.39 is 0 Å². The van der Waals surface area contributed by atoms with Crippen molar-refractivity contribution >= 4 is 23.2 Å². The van der Waals surface area contributed by atoms with Crippen molar-refractivity contribution in [3.63, 3.8) is 0 Å². The Morgan fingerprint density at radius 2 is 1.96 bits per heavy atom. The first-order chi connectivity index (χ1) is 11.1. The lowest BCUT2D eigenvalue weighted by Crippen LogP contribution is -2.37. The lowest BCUT2D eigenvalue weighted by Gasteiger charge is -2.15. The Bertz CT molecular complexity index is 638. The van der Waals surface area contributed by atoms with Gasteiger partial charge >= 0.3 is 0 Å². The number of hydrogen-bond donors (Lipinski definition) is 2. The lowest BCUT2D eigenvalue weighted by molar-refractivity contribution is -0.120. The van der Waals surface area contributed by atoms with Crippen molar-refractivity contribution in [2.24, 2.45) is 0 Å². The molecule has 0 saturated carbocycles. The third-order valence-corrected chi connectivity index (χ3v) is 4.09. The number of ether oxygens (including phenoxy) is 1. The summed E-state index contributed by atoms with van der Waals surface area (Å²) in [6, 6.07) is 11.0. The highest BCUT2D eigenvalue weighted by molar-refractivity contribution is 7.12. The molecule has 0 spiro atoms. The smallest absolute Gasteiger partial charge is 0.261 e. The zero-order valence-corrected chi connectivity index (χ0v) is 14.0. The van der Waals surface area contributed by atoms with Crippen molar-refractivity contribution in [1.29, 1.82) is 0 Å². The van der Waals surface area contributed by atoms with Gasteiger partial charge in [-0.3, -0.25) is 9.59 Å². The minimum Gasteiger partial charge on any atom is -0.494 e. The molecule has 5 nitrogen and oxygen atoms in total. The highest BCUT2D eigenvalue weighted by Gasteiger charge is 2.12. The average molecular weight is 332 g/mol. The lowest BCUT2D eigenvalue weighted by atomic mass is 10.1. The normalized spacial score (nSPS) is 11.6. The van der Waals surface area contributed by atoms with Crippen molar-refractivity contribution in [2.75, 3.05) is 13.2 Å². The summed E-state index contributed by atoms with van der Waals surface area (Å²) >= 11 is 1.34. The summed E-state index contributed by atoms with van der Waals surface area (Å²) in [5, 5.41) is 7.29. The fraction of sp³-hybridized carbons (Fsp3) is 0.294. The van der Waals surface area contributed by atoms with Gasteiger partial charge in [0.05, 0.1) is 24.1 Å². The summed E-state index contributed by atoms with van der Waals surface area (Å²) in [5.74, 6) is 0.346. The van der Waals surface area contributed by atoms with Crippen LogP contribution in [0.5, 0.6) is 5.75 Å². The minimum absolute atomic E-state index is 0.0435. The van der Waals surface area contributed by atoms with Crippen LogP contribution >= 0.6 is 11.3 Å². The highest BCUT2D eigenvalue weighted by Crippen LogP contribution is 2.17. The molecule has 1 aromatic carbocycles. The molecule has 1 aromatic heterocycles. The second-order valence-electron chi connectivity index (χ2n) is 4.95. The molecule has 0 radical (unpaired) electrons. The van der Waals surface area contributed by atoms with Gasteiger partial charge < -0.3 is 15.4 Å². The largest absolute Gasteiger partial charge is 0.494 e. The summed E-state index contributed by atoms with van der Waals surface area (Å²) < 4.78 is 5.39. The third kappa shape index (κ3) is 5.10. The molecule has 0 fully saturated rings. The Hall–Kier alpha value is -2.34. The molecule has 1 heterocycles. The minimum atomic E-state index is -0.233. The Balaban J connectivity index is 1.81. The van der Waals surface area contributed by atoms with Crippen LogP contribution < -0.4 is 15.4 Å². The van der Waals surface area contributed by atoms with Gasteiger partial charge in [0.1, 0.15) is 5.75 Å². The van der Waals surface area contributed by atoms with E-state index in [1.54, 1.807) is 12.1 Å². The zero-order valence-electron chi connectivity index (χ0n) is 13.2. The predicted octanol–water partition coefficient (Wildman–Crippen LogP) is 2.75. The van der Waals surface area contributed by atoms with E-state index in [1.165, 1.54) is 11.3 Å². The van der Waals surface area contributed by atoms with Gasteiger partial charge in [0.15, 0.2) is 0 Å². The Kier molecular flexibility index (Phi) is 6.17. The quantitative estimate of drug-likeness (QED) is 0.819. The van der Waals surface area contributed by atoms with Crippen LogP contribution in [0.25, 0.3) is 0 Å². The van der Waals surface area contributed by atoms with Crippen LogP contribution in [0.1, 0.15) is 35.1 Å². The number of carbonyl (C=O) groups is 2. The van der Waals surface area contributed by atoms with Crippen molar-refractivity contribution in [2.45, 2.75) is 19.9 Å². The molecular formula is C17H20N2O3S. The molecule has 1 atom stereocenters. The molecule has 1 unspecified atom stereocenters. The maximum atomic E-state index is 11.9. The first-order valence-corrected chi connectivity index (χ1v) is 8.32. The number of amides is 2. The summed E-state index contributed by atoms with van der Waals surface area (Å²) in [5.41, 5.74) is 0.978. The Labute approximate surface area is 139 Å². The van der Waals surface area contributed by atoms with Gasteiger partial charge in [-0.05, 0) is 43.0 Å². The molecule has 2 N–H and O–H groups in total. The second kappa shape index (κ2) is 8.33. The van der Waals surface area contributed by atoms with Crippen molar-refractivity contribution in [3.05, 3.63) is 52.2 Å². The zero-order chi connectivity index (χ0) is 16.7. The monoisotopic (exact) mass is 332 g/mol. The fourth-order valence-electron chi connectivity index (χ4n) is 2.05. The van der Waals surface area contributed by atoms with E-state index >= 15 is 0 Å². The van der Waals surface area contributed by atoms with Crippen LogP contribution in [0.3, 0.4) is 0 Å². The number of nitrogens with one attached hydrogen (secondary N) is 2. The molecule has 23 heavy (non-hydrogen) atoms. The maximum Gasteiger partial charge on any atom is 0.261 e. The van der Waals surface area contributed by atoms with E-state index in [2.05, 4.69) is 10.6 Å². The number of carbonyl (C=O) groups excluding carboxylic acids is 2. The molecule has 0 bridgehead atoms. The highest BCUT2D eigenvalue weighted by atomic mass is 32.1. The average Bonchev–Trinajstić information content (AvgIpc) is 3.08. The van der Waals surface area contributed by atoms with Crippen molar-refractivity contribution in [3.8, 4) is 5.75 Å². The van der Waals surface area contributed by atoms with Gasteiger partial charge in [-0.1, -0.05) is 18.2 Å². The number of benzene rings is 1. The van der Waals surface area contributed by atoms with E-state index in [9.17, 15) is 9.59 Å². The van der Waals surface area contributed by atoms with E-state index in [1.807, 2.05) is 43.5 Å².